The summed E-state index contributed by atoms with van der Waals surface area (Å²) < 4.78 is 10.7. The molecule has 1 aromatic carbocycles. The van der Waals surface area contributed by atoms with Gasteiger partial charge in [-0.25, -0.2) is 0 Å². The van der Waals surface area contributed by atoms with Crippen molar-refractivity contribution in [3.63, 3.8) is 0 Å². The van der Waals surface area contributed by atoms with E-state index in [1.165, 1.54) is 11.1 Å². The van der Waals surface area contributed by atoms with Crippen LogP contribution < -0.4 is 9.47 Å². The lowest BCUT2D eigenvalue weighted by molar-refractivity contribution is 0.354. The Labute approximate surface area is 106 Å². The first kappa shape index (κ1) is 12.3. The number of thioether (sulfide) groups is 1. The molecule has 0 fully saturated rings. The van der Waals surface area contributed by atoms with E-state index in [-0.39, 0.29) is 0 Å². The number of rotatable bonds is 2. The SMILES string of the molecule is COc1cc2c(cc1OC)C(SC)=NC(C)C2. The molecule has 1 aliphatic rings. The van der Waals surface area contributed by atoms with Gasteiger partial charge in [0.1, 0.15) is 0 Å². The van der Waals surface area contributed by atoms with E-state index >= 15 is 0 Å². The third kappa shape index (κ3) is 2.27. The maximum absolute atomic E-state index is 5.33. The summed E-state index contributed by atoms with van der Waals surface area (Å²) in [6, 6.07) is 4.42. The minimum Gasteiger partial charge on any atom is -0.493 e. The predicted octanol–water partition coefficient (Wildman–Crippen LogP) is 2.76. The molecule has 4 heteroatoms. The van der Waals surface area contributed by atoms with Gasteiger partial charge in [-0.3, -0.25) is 4.99 Å². The van der Waals surface area contributed by atoms with Crippen molar-refractivity contribution < 1.29 is 9.47 Å². The first-order valence-electron chi connectivity index (χ1n) is 5.56. The van der Waals surface area contributed by atoms with Crippen molar-refractivity contribution in [3.8, 4) is 11.5 Å². The Morgan fingerprint density at radius 1 is 1.24 bits per heavy atom. The summed E-state index contributed by atoms with van der Waals surface area (Å²) in [6.45, 7) is 2.13. The highest BCUT2D eigenvalue weighted by Gasteiger charge is 2.20. The molecule has 0 saturated carbocycles. The average molecular weight is 251 g/mol. The van der Waals surface area contributed by atoms with Crippen LogP contribution in [0.2, 0.25) is 0 Å². The van der Waals surface area contributed by atoms with Gasteiger partial charge in [0.25, 0.3) is 0 Å². The zero-order chi connectivity index (χ0) is 12.4. The van der Waals surface area contributed by atoms with Gasteiger partial charge < -0.3 is 9.47 Å². The molecule has 1 aliphatic heterocycles. The molecule has 92 valence electrons. The van der Waals surface area contributed by atoms with Crippen LogP contribution in [-0.4, -0.2) is 31.6 Å². The first-order chi connectivity index (χ1) is 8.19. The van der Waals surface area contributed by atoms with E-state index in [9.17, 15) is 0 Å². The van der Waals surface area contributed by atoms with Crippen LogP contribution in [0.4, 0.5) is 0 Å². The summed E-state index contributed by atoms with van der Waals surface area (Å²) in [5.74, 6) is 1.56. The summed E-state index contributed by atoms with van der Waals surface area (Å²) in [6.07, 6.45) is 3.01. The summed E-state index contributed by atoms with van der Waals surface area (Å²) >= 11 is 1.68. The molecule has 0 aliphatic carbocycles. The fourth-order valence-corrected chi connectivity index (χ4v) is 2.78. The Morgan fingerprint density at radius 3 is 2.47 bits per heavy atom. The molecule has 0 aromatic heterocycles. The van der Waals surface area contributed by atoms with E-state index in [0.717, 1.165) is 23.0 Å². The van der Waals surface area contributed by atoms with Crippen LogP contribution in [0.1, 0.15) is 18.1 Å². The molecule has 3 nitrogen and oxygen atoms in total. The highest BCUT2D eigenvalue weighted by atomic mass is 32.2. The van der Waals surface area contributed by atoms with Gasteiger partial charge in [0.15, 0.2) is 11.5 Å². The lowest BCUT2D eigenvalue weighted by Crippen LogP contribution is -2.17. The number of hydrogen-bond acceptors (Lipinski definition) is 4. The fourth-order valence-electron chi connectivity index (χ4n) is 2.09. The van der Waals surface area contributed by atoms with E-state index in [1.807, 2.05) is 6.07 Å². The Morgan fingerprint density at radius 2 is 1.88 bits per heavy atom. The monoisotopic (exact) mass is 251 g/mol. The van der Waals surface area contributed by atoms with Crippen LogP contribution in [0, 0.1) is 0 Å². The molecule has 2 rings (SSSR count). The first-order valence-corrected chi connectivity index (χ1v) is 6.79. The van der Waals surface area contributed by atoms with Gasteiger partial charge in [0.2, 0.25) is 0 Å². The second-order valence-electron chi connectivity index (χ2n) is 4.06. The quantitative estimate of drug-likeness (QED) is 0.809. The van der Waals surface area contributed by atoms with Gasteiger partial charge in [-0.2, -0.15) is 0 Å². The van der Waals surface area contributed by atoms with Gasteiger partial charge in [0.05, 0.1) is 25.3 Å². The molecule has 0 bridgehead atoms. The second-order valence-corrected chi connectivity index (χ2v) is 4.85. The molecule has 1 atom stereocenters. The third-order valence-electron chi connectivity index (χ3n) is 2.89. The van der Waals surface area contributed by atoms with Crippen LogP contribution >= 0.6 is 11.8 Å². The number of fused-ring (bicyclic) bond motifs is 1. The van der Waals surface area contributed by atoms with Gasteiger partial charge in [0, 0.05) is 5.56 Å². The van der Waals surface area contributed by atoms with Gasteiger partial charge in [-0.1, -0.05) is 0 Å². The fraction of sp³-hybridized carbons (Fsp3) is 0.462. The van der Waals surface area contributed by atoms with Crippen LogP contribution in [0.15, 0.2) is 17.1 Å². The van der Waals surface area contributed by atoms with Crippen LogP contribution in [0.5, 0.6) is 11.5 Å². The Bertz CT molecular complexity index is 457. The van der Waals surface area contributed by atoms with Crippen molar-refractivity contribution >= 4 is 16.8 Å². The molecular formula is C13H17NO2S. The number of methoxy groups -OCH3 is 2. The normalized spacial score (nSPS) is 18.4. The molecule has 17 heavy (non-hydrogen) atoms. The van der Waals surface area contributed by atoms with Crippen molar-refractivity contribution in [2.75, 3.05) is 20.5 Å². The zero-order valence-corrected chi connectivity index (χ0v) is 11.4. The maximum Gasteiger partial charge on any atom is 0.161 e. The molecule has 0 N–H and O–H groups in total. The van der Waals surface area contributed by atoms with Crippen molar-refractivity contribution in [1.29, 1.82) is 0 Å². The van der Waals surface area contributed by atoms with E-state index < -0.39 is 0 Å². The van der Waals surface area contributed by atoms with Crippen LogP contribution in [0.25, 0.3) is 0 Å². The molecule has 0 radical (unpaired) electrons. The van der Waals surface area contributed by atoms with Crippen molar-refractivity contribution in [2.45, 2.75) is 19.4 Å². The third-order valence-corrected chi connectivity index (χ3v) is 3.60. The Hall–Kier alpha value is -1.16. The molecule has 0 saturated heterocycles. The lowest BCUT2D eigenvalue weighted by Gasteiger charge is -2.21. The average Bonchev–Trinajstić information content (AvgIpc) is 2.35. The molecule has 1 aromatic rings. The molecular weight excluding hydrogens is 234 g/mol. The number of aliphatic imine (C=N–C) groups is 1. The van der Waals surface area contributed by atoms with Crippen LogP contribution in [0.3, 0.4) is 0 Å². The number of nitrogens with zero attached hydrogens (tertiary/aromatic N) is 1. The predicted molar refractivity (Wildman–Crippen MR) is 72.8 cm³/mol. The minimum atomic E-state index is 0.336. The van der Waals surface area contributed by atoms with Crippen molar-refractivity contribution in [2.24, 2.45) is 4.99 Å². The molecule has 1 heterocycles. The molecule has 1 unspecified atom stereocenters. The number of hydrogen-bond donors (Lipinski definition) is 0. The van der Waals surface area contributed by atoms with Crippen molar-refractivity contribution in [1.82, 2.24) is 0 Å². The summed E-state index contributed by atoms with van der Waals surface area (Å²) in [7, 11) is 3.33. The number of ether oxygens (including phenoxy) is 2. The smallest absolute Gasteiger partial charge is 0.161 e. The van der Waals surface area contributed by atoms with Gasteiger partial charge >= 0.3 is 0 Å². The second kappa shape index (κ2) is 5.00. The molecule has 0 amide bonds. The minimum absolute atomic E-state index is 0.336. The largest absolute Gasteiger partial charge is 0.493 e. The van der Waals surface area contributed by atoms with Gasteiger partial charge in [-0.15, -0.1) is 11.8 Å². The Balaban J connectivity index is 2.54. The zero-order valence-electron chi connectivity index (χ0n) is 10.6. The van der Waals surface area contributed by atoms with E-state index in [1.54, 1.807) is 26.0 Å². The standard InChI is InChI=1S/C13H17NO2S/c1-8-5-9-6-11(15-2)12(16-3)7-10(9)13(14-8)17-4/h6-8H,5H2,1-4H3. The maximum atomic E-state index is 5.33. The molecule has 0 spiro atoms. The topological polar surface area (TPSA) is 30.8 Å². The lowest BCUT2D eigenvalue weighted by atomic mass is 9.98. The summed E-state index contributed by atoms with van der Waals surface area (Å²) in [5, 5.41) is 1.08. The summed E-state index contributed by atoms with van der Waals surface area (Å²) in [4.78, 5) is 4.66. The van der Waals surface area contributed by atoms with E-state index in [4.69, 9.17) is 9.47 Å². The highest BCUT2D eigenvalue weighted by molar-refractivity contribution is 8.13. The van der Waals surface area contributed by atoms with Gasteiger partial charge in [-0.05, 0) is 37.3 Å². The number of benzene rings is 1. The summed E-state index contributed by atoms with van der Waals surface area (Å²) in [5.41, 5.74) is 2.46. The van der Waals surface area contributed by atoms with Crippen molar-refractivity contribution in [3.05, 3.63) is 23.3 Å². The van der Waals surface area contributed by atoms with Crippen LogP contribution in [-0.2, 0) is 6.42 Å². The van der Waals surface area contributed by atoms with E-state index in [2.05, 4.69) is 24.2 Å². The highest BCUT2D eigenvalue weighted by Crippen LogP contribution is 2.35. The van der Waals surface area contributed by atoms with E-state index in [0.29, 0.717) is 6.04 Å². The Kier molecular flexibility index (Phi) is 3.62.